The van der Waals surface area contributed by atoms with Crippen molar-refractivity contribution >= 4 is 14.3 Å². The fourth-order valence-corrected chi connectivity index (χ4v) is 2.85. The molecular formula is C19H32O4Si. The first-order valence-electron chi connectivity index (χ1n) is 8.40. The molecule has 0 aliphatic heterocycles. The normalized spacial score (nSPS) is 14.2. The summed E-state index contributed by atoms with van der Waals surface area (Å²) in [5, 5.41) is 10.1. The van der Waals surface area contributed by atoms with Crippen LogP contribution in [0.1, 0.15) is 47.1 Å². The average Bonchev–Trinajstić information content (AvgIpc) is 2.37. The third-order valence-corrected chi connectivity index (χ3v) is 8.57. The minimum Gasteiger partial charge on any atom is -0.544 e. The van der Waals surface area contributed by atoms with E-state index in [9.17, 15) is 9.90 Å². The molecule has 0 radical (unpaired) electrons. The van der Waals surface area contributed by atoms with Gasteiger partial charge in [-0.3, -0.25) is 0 Å². The van der Waals surface area contributed by atoms with Crippen LogP contribution in [0.3, 0.4) is 0 Å². The van der Waals surface area contributed by atoms with Gasteiger partial charge >= 0.3 is 5.97 Å². The van der Waals surface area contributed by atoms with Gasteiger partial charge in [-0.15, -0.1) is 0 Å². The van der Waals surface area contributed by atoms with Gasteiger partial charge in [0, 0.05) is 6.42 Å². The number of ether oxygens (including phenoxy) is 1. The molecule has 1 N–H and O–H groups in total. The Morgan fingerprint density at radius 3 is 2.00 bits per heavy atom. The Hall–Kier alpha value is -1.33. The summed E-state index contributed by atoms with van der Waals surface area (Å²) < 4.78 is 11.4. The monoisotopic (exact) mass is 352 g/mol. The second-order valence-corrected chi connectivity index (χ2v) is 13.5. The summed E-state index contributed by atoms with van der Waals surface area (Å²) in [6.07, 6.45) is -0.925. The highest BCUT2D eigenvalue weighted by Gasteiger charge is 2.38. The summed E-state index contributed by atoms with van der Waals surface area (Å²) in [7, 11) is -1.86. The van der Waals surface area contributed by atoms with Crippen molar-refractivity contribution in [1.82, 2.24) is 0 Å². The molecule has 0 saturated heterocycles. The van der Waals surface area contributed by atoms with Gasteiger partial charge in [-0.25, -0.2) is 4.79 Å². The zero-order chi connectivity index (χ0) is 18.8. The molecular weight excluding hydrogens is 320 g/mol. The van der Waals surface area contributed by atoms with E-state index in [0.29, 0.717) is 0 Å². The molecule has 0 heterocycles. The van der Waals surface area contributed by atoms with Crippen LogP contribution >= 0.6 is 0 Å². The zero-order valence-corrected chi connectivity index (χ0v) is 17.3. The minimum atomic E-state index is -1.86. The lowest BCUT2D eigenvalue weighted by atomic mass is 10.1. The van der Waals surface area contributed by atoms with E-state index in [2.05, 4.69) is 33.9 Å². The standard InChI is InChI=1S/C19H32O4Si/c1-18(2,3)22-17(21)16(20)13-14-9-11-15(12-10-14)23-24(7,8)19(4,5)6/h9-12,16,20H,13H2,1-8H3/t16-/m1/s1. The van der Waals surface area contributed by atoms with Crippen molar-refractivity contribution < 1.29 is 19.1 Å². The summed E-state index contributed by atoms with van der Waals surface area (Å²) in [6.45, 7) is 16.3. The second-order valence-electron chi connectivity index (χ2n) is 8.76. The first-order chi connectivity index (χ1) is 10.7. The minimum absolute atomic E-state index is 0.137. The molecule has 0 fully saturated rings. The van der Waals surface area contributed by atoms with E-state index in [-0.39, 0.29) is 11.5 Å². The van der Waals surface area contributed by atoms with Gasteiger partial charge in [-0.05, 0) is 56.6 Å². The average molecular weight is 353 g/mol. The van der Waals surface area contributed by atoms with Gasteiger partial charge in [0.15, 0.2) is 6.10 Å². The van der Waals surface area contributed by atoms with Crippen molar-refractivity contribution in [2.24, 2.45) is 0 Å². The topological polar surface area (TPSA) is 55.8 Å². The van der Waals surface area contributed by atoms with Crippen LogP contribution in [0.2, 0.25) is 18.1 Å². The molecule has 0 spiro atoms. The molecule has 0 unspecified atom stereocenters. The van der Waals surface area contributed by atoms with E-state index in [0.717, 1.165) is 11.3 Å². The summed E-state index contributed by atoms with van der Waals surface area (Å²) >= 11 is 0. The number of rotatable bonds is 5. The number of hydrogen-bond acceptors (Lipinski definition) is 4. The lowest BCUT2D eigenvalue weighted by molar-refractivity contribution is -0.164. The van der Waals surface area contributed by atoms with Crippen LogP contribution < -0.4 is 4.43 Å². The molecule has 0 aliphatic carbocycles. The van der Waals surface area contributed by atoms with E-state index < -0.39 is 26.0 Å². The SMILES string of the molecule is CC(C)(C)OC(=O)[C@H](O)Cc1ccc(O[Si](C)(C)C(C)(C)C)cc1. The predicted molar refractivity (Wildman–Crippen MR) is 99.8 cm³/mol. The van der Waals surface area contributed by atoms with Crippen LogP contribution in [0.5, 0.6) is 5.75 Å². The Labute approximate surface area is 147 Å². The highest BCUT2D eigenvalue weighted by molar-refractivity contribution is 6.74. The molecule has 0 aliphatic rings. The van der Waals surface area contributed by atoms with E-state index >= 15 is 0 Å². The molecule has 0 bridgehead atoms. The second kappa shape index (κ2) is 7.27. The van der Waals surface area contributed by atoms with Crippen molar-refractivity contribution in [3.05, 3.63) is 29.8 Å². The van der Waals surface area contributed by atoms with Gasteiger partial charge in [0.1, 0.15) is 11.4 Å². The Bertz CT molecular complexity index is 550. The van der Waals surface area contributed by atoms with Crippen molar-refractivity contribution in [3.8, 4) is 5.75 Å². The van der Waals surface area contributed by atoms with Crippen molar-refractivity contribution in [3.63, 3.8) is 0 Å². The molecule has 136 valence electrons. The summed E-state index contributed by atoms with van der Waals surface area (Å²) in [6, 6.07) is 7.57. The van der Waals surface area contributed by atoms with Crippen LogP contribution in [-0.4, -0.2) is 31.1 Å². The number of carbonyl (C=O) groups excluding carboxylic acids is 1. The van der Waals surface area contributed by atoms with E-state index in [4.69, 9.17) is 9.16 Å². The van der Waals surface area contributed by atoms with E-state index in [1.54, 1.807) is 20.8 Å². The zero-order valence-electron chi connectivity index (χ0n) is 16.3. The maximum atomic E-state index is 11.8. The molecule has 4 nitrogen and oxygen atoms in total. The van der Waals surface area contributed by atoms with Gasteiger partial charge in [-0.1, -0.05) is 32.9 Å². The number of esters is 1. The lowest BCUT2D eigenvalue weighted by Crippen LogP contribution is -2.43. The Kier molecular flexibility index (Phi) is 6.28. The largest absolute Gasteiger partial charge is 0.544 e. The predicted octanol–water partition coefficient (Wildman–Crippen LogP) is 4.32. The molecule has 0 aromatic heterocycles. The van der Waals surface area contributed by atoms with Crippen molar-refractivity contribution in [2.45, 2.75) is 77.8 Å². The Morgan fingerprint density at radius 1 is 1.08 bits per heavy atom. The van der Waals surface area contributed by atoms with Crippen molar-refractivity contribution in [2.75, 3.05) is 0 Å². The molecule has 1 aromatic carbocycles. The highest BCUT2D eigenvalue weighted by Crippen LogP contribution is 2.37. The van der Waals surface area contributed by atoms with Gasteiger partial charge in [0.25, 0.3) is 0 Å². The molecule has 5 heteroatoms. The van der Waals surface area contributed by atoms with Crippen LogP contribution in [0.4, 0.5) is 0 Å². The van der Waals surface area contributed by atoms with Gasteiger partial charge in [0.05, 0.1) is 0 Å². The number of hydrogen-bond donors (Lipinski definition) is 1. The maximum Gasteiger partial charge on any atom is 0.335 e. The van der Waals surface area contributed by atoms with Crippen LogP contribution in [0, 0.1) is 0 Å². The number of aliphatic hydroxyl groups is 1. The molecule has 0 amide bonds. The molecule has 1 rings (SSSR count). The fraction of sp³-hybridized carbons (Fsp3) is 0.632. The van der Waals surface area contributed by atoms with Crippen LogP contribution in [-0.2, 0) is 16.0 Å². The van der Waals surface area contributed by atoms with Gasteiger partial charge in [0.2, 0.25) is 8.32 Å². The van der Waals surface area contributed by atoms with Gasteiger partial charge < -0.3 is 14.3 Å². The highest BCUT2D eigenvalue weighted by atomic mass is 28.4. The maximum absolute atomic E-state index is 11.8. The van der Waals surface area contributed by atoms with Crippen LogP contribution in [0.15, 0.2) is 24.3 Å². The number of carbonyl (C=O) groups is 1. The quantitative estimate of drug-likeness (QED) is 0.633. The molecule has 1 atom stereocenters. The Balaban J connectivity index is 2.70. The first kappa shape index (κ1) is 20.7. The van der Waals surface area contributed by atoms with Gasteiger partial charge in [-0.2, -0.15) is 0 Å². The number of aliphatic hydroxyl groups excluding tert-OH is 1. The third kappa shape index (κ3) is 6.28. The third-order valence-electron chi connectivity index (χ3n) is 4.21. The van der Waals surface area contributed by atoms with Crippen molar-refractivity contribution in [1.29, 1.82) is 0 Å². The smallest absolute Gasteiger partial charge is 0.335 e. The van der Waals surface area contributed by atoms with E-state index in [1.165, 1.54) is 0 Å². The molecule has 1 aromatic rings. The number of benzene rings is 1. The van der Waals surface area contributed by atoms with Crippen LogP contribution in [0.25, 0.3) is 0 Å². The first-order valence-corrected chi connectivity index (χ1v) is 11.3. The fourth-order valence-electron chi connectivity index (χ4n) is 1.82. The summed E-state index contributed by atoms with van der Waals surface area (Å²) in [5.41, 5.74) is 0.273. The summed E-state index contributed by atoms with van der Waals surface area (Å²) in [5.74, 6) is 0.237. The Morgan fingerprint density at radius 2 is 1.58 bits per heavy atom. The lowest BCUT2D eigenvalue weighted by Gasteiger charge is -2.36. The molecule has 0 saturated carbocycles. The van der Waals surface area contributed by atoms with E-state index in [1.807, 2.05) is 24.3 Å². The summed E-state index contributed by atoms with van der Waals surface area (Å²) in [4.78, 5) is 11.8. The molecule has 24 heavy (non-hydrogen) atoms.